The Bertz CT molecular complexity index is 651. The molecule has 3 fully saturated rings. The number of amides is 2. The highest BCUT2D eigenvalue weighted by Crippen LogP contribution is 2.31. The summed E-state index contributed by atoms with van der Waals surface area (Å²) in [7, 11) is 0. The van der Waals surface area contributed by atoms with E-state index in [0.717, 1.165) is 44.7 Å². The number of nitrogens with zero attached hydrogens (tertiary/aromatic N) is 2. The zero-order valence-electron chi connectivity index (χ0n) is 15.2. The fraction of sp³-hybridized carbons (Fsp3) is 0.600. The van der Waals surface area contributed by atoms with Gasteiger partial charge in [-0.15, -0.1) is 0 Å². The van der Waals surface area contributed by atoms with Crippen LogP contribution in [0.4, 0.5) is 5.69 Å². The summed E-state index contributed by atoms with van der Waals surface area (Å²) < 4.78 is 5.39. The number of carbonyl (C=O) groups is 2. The zero-order valence-corrected chi connectivity index (χ0v) is 15.2. The van der Waals surface area contributed by atoms with Crippen LogP contribution in [0.1, 0.15) is 31.2 Å². The van der Waals surface area contributed by atoms with Crippen LogP contribution in [0.5, 0.6) is 0 Å². The van der Waals surface area contributed by atoms with Gasteiger partial charge in [-0.25, -0.2) is 0 Å². The lowest BCUT2D eigenvalue weighted by molar-refractivity contribution is -0.138. The number of anilines is 1. The van der Waals surface area contributed by atoms with Gasteiger partial charge in [-0.3, -0.25) is 9.59 Å². The molecule has 1 atom stereocenters. The summed E-state index contributed by atoms with van der Waals surface area (Å²) in [5.41, 5.74) is 2.30. The molecular formula is C20H27N3O3. The summed E-state index contributed by atoms with van der Waals surface area (Å²) in [5, 5.41) is 3.05. The van der Waals surface area contributed by atoms with Gasteiger partial charge in [0.25, 0.3) is 0 Å². The Balaban J connectivity index is 1.28. The molecule has 2 heterocycles. The third kappa shape index (κ3) is 4.01. The minimum atomic E-state index is -0.0686. The first-order valence-electron chi connectivity index (χ1n) is 9.69. The lowest BCUT2D eigenvalue weighted by atomic mass is 9.96. The van der Waals surface area contributed by atoms with Crippen molar-refractivity contribution in [2.24, 2.45) is 5.92 Å². The molecule has 0 bridgehead atoms. The molecule has 1 N–H and O–H groups in total. The summed E-state index contributed by atoms with van der Waals surface area (Å²) in [5.74, 6) is 0.219. The fourth-order valence-electron chi connectivity index (χ4n) is 3.80. The van der Waals surface area contributed by atoms with Crippen molar-refractivity contribution in [3.8, 4) is 0 Å². The molecule has 4 rings (SSSR count). The molecule has 0 radical (unpaired) electrons. The van der Waals surface area contributed by atoms with Gasteiger partial charge in [0.05, 0.1) is 19.1 Å². The Morgan fingerprint density at radius 3 is 2.54 bits per heavy atom. The van der Waals surface area contributed by atoms with E-state index in [1.165, 1.54) is 5.69 Å². The minimum Gasteiger partial charge on any atom is -0.378 e. The molecule has 1 aliphatic carbocycles. The molecule has 1 saturated carbocycles. The summed E-state index contributed by atoms with van der Waals surface area (Å²) >= 11 is 0. The molecule has 1 unspecified atom stereocenters. The molecule has 6 heteroatoms. The standard InChI is InChI=1S/C20H27N3O3/c24-19-8-3-16(14-23(19)18-6-7-18)20(25)21-13-15-1-4-17(5-2-15)22-9-11-26-12-10-22/h1-2,4-5,16,18H,3,6-14H2,(H,21,25). The maximum Gasteiger partial charge on any atom is 0.225 e. The Hall–Kier alpha value is -2.08. The predicted octanol–water partition coefficient (Wildman–Crippen LogP) is 1.54. The van der Waals surface area contributed by atoms with E-state index in [1.807, 2.05) is 4.90 Å². The van der Waals surface area contributed by atoms with Crippen molar-refractivity contribution < 1.29 is 14.3 Å². The Labute approximate surface area is 154 Å². The molecule has 3 aliphatic rings. The van der Waals surface area contributed by atoms with Gasteiger partial charge in [0.1, 0.15) is 0 Å². The number of benzene rings is 1. The Morgan fingerprint density at radius 2 is 1.85 bits per heavy atom. The van der Waals surface area contributed by atoms with Crippen LogP contribution >= 0.6 is 0 Å². The molecule has 2 saturated heterocycles. The second-order valence-corrected chi connectivity index (χ2v) is 7.50. The molecule has 2 amide bonds. The fourth-order valence-corrected chi connectivity index (χ4v) is 3.80. The molecule has 26 heavy (non-hydrogen) atoms. The zero-order chi connectivity index (χ0) is 17.9. The van der Waals surface area contributed by atoms with Crippen molar-refractivity contribution in [1.29, 1.82) is 0 Å². The van der Waals surface area contributed by atoms with Gasteiger partial charge in [-0.1, -0.05) is 12.1 Å². The van der Waals surface area contributed by atoms with E-state index in [4.69, 9.17) is 4.74 Å². The Kier molecular flexibility index (Phi) is 5.11. The van der Waals surface area contributed by atoms with Gasteiger partial charge in [0.15, 0.2) is 0 Å². The van der Waals surface area contributed by atoms with Gasteiger partial charge >= 0.3 is 0 Å². The van der Waals surface area contributed by atoms with Gasteiger partial charge in [-0.2, -0.15) is 0 Å². The predicted molar refractivity (Wildman–Crippen MR) is 98.8 cm³/mol. The maximum atomic E-state index is 12.5. The molecule has 1 aromatic rings. The number of likely N-dealkylation sites (tertiary alicyclic amines) is 1. The molecule has 0 spiro atoms. The first-order chi connectivity index (χ1) is 12.7. The number of rotatable bonds is 5. The highest BCUT2D eigenvalue weighted by molar-refractivity contribution is 5.84. The van der Waals surface area contributed by atoms with E-state index in [2.05, 4.69) is 34.5 Å². The van der Waals surface area contributed by atoms with Crippen LogP contribution in [-0.4, -0.2) is 55.6 Å². The highest BCUT2D eigenvalue weighted by Gasteiger charge is 2.38. The second-order valence-electron chi connectivity index (χ2n) is 7.50. The third-order valence-corrected chi connectivity index (χ3v) is 5.58. The van der Waals surface area contributed by atoms with Crippen LogP contribution in [-0.2, 0) is 20.9 Å². The molecule has 1 aromatic carbocycles. The van der Waals surface area contributed by atoms with Gasteiger partial charge in [0.2, 0.25) is 11.8 Å². The van der Waals surface area contributed by atoms with Crippen LogP contribution < -0.4 is 10.2 Å². The first kappa shape index (κ1) is 17.3. The van der Waals surface area contributed by atoms with Crippen molar-refractivity contribution >= 4 is 17.5 Å². The van der Waals surface area contributed by atoms with Gasteiger partial charge in [0, 0.05) is 44.3 Å². The van der Waals surface area contributed by atoms with E-state index in [1.54, 1.807) is 0 Å². The van der Waals surface area contributed by atoms with E-state index >= 15 is 0 Å². The smallest absolute Gasteiger partial charge is 0.225 e. The number of ether oxygens (including phenoxy) is 1. The molecular weight excluding hydrogens is 330 g/mol. The van der Waals surface area contributed by atoms with Crippen molar-refractivity contribution in [2.45, 2.75) is 38.3 Å². The van der Waals surface area contributed by atoms with E-state index in [0.29, 0.717) is 32.0 Å². The average molecular weight is 357 g/mol. The van der Waals surface area contributed by atoms with Crippen LogP contribution in [0.3, 0.4) is 0 Å². The normalized spacial score (nSPS) is 23.8. The monoisotopic (exact) mass is 357 g/mol. The SMILES string of the molecule is O=C(NCc1ccc(N2CCOCC2)cc1)C1CCC(=O)N(C2CC2)C1. The largest absolute Gasteiger partial charge is 0.378 e. The van der Waals surface area contributed by atoms with Crippen molar-refractivity contribution in [1.82, 2.24) is 10.2 Å². The number of carbonyl (C=O) groups excluding carboxylic acids is 2. The number of hydrogen-bond donors (Lipinski definition) is 1. The van der Waals surface area contributed by atoms with E-state index < -0.39 is 0 Å². The van der Waals surface area contributed by atoms with Gasteiger partial charge < -0.3 is 19.9 Å². The summed E-state index contributed by atoms with van der Waals surface area (Å²) in [4.78, 5) is 28.7. The van der Waals surface area contributed by atoms with Crippen LogP contribution in [0.25, 0.3) is 0 Å². The van der Waals surface area contributed by atoms with Crippen molar-refractivity contribution in [3.05, 3.63) is 29.8 Å². The topological polar surface area (TPSA) is 61.9 Å². The minimum absolute atomic E-state index is 0.0686. The van der Waals surface area contributed by atoms with Crippen LogP contribution in [0, 0.1) is 5.92 Å². The number of morpholine rings is 1. The van der Waals surface area contributed by atoms with Crippen molar-refractivity contribution in [3.63, 3.8) is 0 Å². The summed E-state index contributed by atoms with van der Waals surface area (Å²) in [6, 6.07) is 8.77. The first-order valence-corrected chi connectivity index (χ1v) is 9.69. The number of hydrogen-bond acceptors (Lipinski definition) is 4. The number of piperidine rings is 1. The van der Waals surface area contributed by atoms with Crippen LogP contribution in [0.15, 0.2) is 24.3 Å². The average Bonchev–Trinajstić information content (AvgIpc) is 3.53. The van der Waals surface area contributed by atoms with E-state index in [9.17, 15) is 9.59 Å². The van der Waals surface area contributed by atoms with Crippen molar-refractivity contribution in [2.75, 3.05) is 37.7 Å². The maximum absolute atomic E-state index is 12.5. The Morgan fingerprint density at radius 1 is 1.12 bits per heavy atom. The lowest BCUT2D eigenvalue weighted by Gasteiger charge is -2.32. The molecule has 0 aromatic heterocycles. The highest BCUT2D eigenvalue weighted by atomic mass is 16.5. The van der Waals surface area contributed by atoms with Crippen LogP contribution in [0.2, 0.25) is 0 Å². The summed E-state index contributed by atoms with van der Waals surface area (Å²) in [6.07, 6.45) is 3.36. The quantitative estimate of drug-likeness (QED) is 0.868. The summed E-state index contributed by atoms with van der Waals surface area (Å²) in [6.45, 7) is 4.53. The lowest BCUT2D eigenvalue weighted by Crippen LogP contribution is -2.46. The number of nitrogens with one attached hydrogen (secondary N) is 1. The molecule has 140 valence electrons. The van der Waals surface area contributed by atoms with Gasteiger partial charge in [-0.05, 0) is 37.0 Å². The molecule has 6 nitrogen and oxygen atoms in total. The van der Waals surface area contributed by atoms with E-state index in [-0.39, 0.29) is 17.7 Å². The second kappa shape index (κ2) is 7.66. The third-order valence-electron chi connectivity index (χ3n) is 5.58. The molecule has 2 aliphatic heterocycles.